The van der Waals surface area contributed by atoms with Gasteiger partial charge in [-0.3, -0.25) is 23.9 Å². The van der Waals surface area contributed by atoms with E-state index < -0.39 is 17.9 Å². The predicted octanol–water partition coefficient (Wildman–Crippen LogP) is 1.05. The zero-order chi connectivity index (χ0) is 18.3. The molecule has 7 nitrogen and oxygen atoms in total. The Morgan fingerprint density at radius 2 is 1.50 bits per heavy atom. The van der Waals surface area contributed by atoms with Gasteiger partial charge in [-0.15, -0.1) is 0 Å². The summed E-state index contributed by atoms with van der Waals surface area (Å²) in [6.07, 6.45) is 0.272. The van der Waals surface area contributed by atoms with E-state index in [1.165, 1.54) is 10.9 Å². The van der Waals surface area contributed by atoms with Crippen LogP contribution >= 0.6 is 0 Å². The van der Waals surface area contributed by atoms with E-state index in [2.05, 4.69) is 4.98 Å². The molecule has 26 heavy (non-hydrogen) atoms. The van der Waals surface area contributed by atoms with Gasteiger partial charge in [0.25, 0.3) is 17.4 Å². The Bertz CT molecular complexity index is 1050. The van der Waals surface area contributed by atoms with Crippen LogP contribution in [0, 0.1) is 0 Å². The molecule has 0 saturated heterocycles. The van der Waals surface area contributed by atoms with E-state index in [4.69, 9.17) is 0 Å². The minimum atomic E-state index is -1.09. The zero-order valence-corrected chi connectivity index (χ0v) is 13.7. The number of imide groups is 1. The van der Waals surface area contributed by atoms with Gasteiger partial charge in [0, 0.05) is 0 Å². The molecule has 0 unspecified atom stereocenters. The van der Waals surface area contributed by atoms with Gasteiger partial charge in [-0.25, -0.2) is 4.98 Å². The molecule has 7 heteroatoms. The van der Waals surface area contributed by atoms with E-state index in [1.54, 1.807) is 48.5 Å². The van der Waals surface area contributed by atoms with Gasteiger partial charge >= 0.3 is 0 Å². The average molecular weight is 349 g/mol. The summed E-state index contributed by atoms with van der Waals surface area (Å²) in [6.45, 7) is -0.254. The zero-order valence-electron chi connectivity index (χ0n) is 13.7. The normalized spacial score (nSPS) is 14.7. The Kier molecular flexibility index (Phi) is 3.85. The first-order chi connectivity index (χ1) is 12.6. The average Bonchev–Trinajstić information content (AvgIpc) is 2.89. The molecule has 0 fully saturated rings. The maximum absolute atomic E-state index is 12.5. The Morgan fingerprint density at radius 3 is 2.19 bits per heavy atom. The first-order valence-electron chi connectivity index (χ1n) is 8.14. The van der Waals surface area contributed by atoms with Crippen molar-refractivity contribution >= 4 is 22.7 Å². The smallest absolute Gasteiger partial charge is 0.261 e. The van der Waals surface area contributed by atoms with Gasteiger partial charge < -0.3 is 5.11 Å². The molecule has 1 aliphatic rings. The summed E-state index contributed by atoms with van der Waals surface area (Å²) in [4.78, 5) is 42.4. The fraction of sp³-hybridized carbons (Fsp3) is 0.158. The summed E-state index contributed by atoms with van der Waals surface area (Å²) < 4.78 is 1.28. The molecule has 2 amide bonds. The molecule has 1 aliphatic heterocycles. The lowest BCUT2D eigenvalue weighted by molar-refractivity contribution is 0.0519. The molecular weight excluding hydrogens is 334 g/mol. The highest BCUT2D eigenvalue weighted by atomic mass is 16.3. The molecule has 0 bridgehead atoms. The summed E-state index contributed by atoms with van der Waals surface area (Å²) in [5.41, 5.74) is 0.948. The van der Waals surface area contributed by atoms with E-state index in [0.29, 0.717) is 22.0 Å². The standard InChI is InChI=1S/C19H15N3O4/c23-12(9-21-11-20-16-8-4-3-7-15(16)17(21)24)10-22-18(25)13-5-1-2-6-14(13)19(22)26/h1-8,11-12,23H,9-10H2/t12-/m0/s1. The minimum absolute atomic E-state index is 0.0654. The fourth-order valence-electron chi connectivity index (χ4n) is 3.14. The van der Waals surface area contributed by atoms with Gasteiger partial charge in [-0.1, -0.05) is 24.3 Å². The maximum Gasteiger partial charge on any atom is 0.261 e. The summed E-state index contributed by atoms with van der Waals surface area (Å²) in [7, 11) is 0. The molecule has 0 spiro atoms. The van der Waals surface area contributed by atoms with Crippen molar-refractivity contribution in [1.82, 2.24) is 14.5 Å². The Balaban J connectivity index is 1.54. The lowest BCUT2D eigenvalue weighted by atomic mass is 10.1. The molecule has 4 rings (SSSR count). The van der Waals surface area contributed by atoms with E-state index in [9.17, 15) is 19.5 Å². The number of aliphatic hydroxyl groups is 1. The van der Waals surface area contributed by atoms with E-state index in [0.717, 1.165) is 4.90 Å². The van der Waals surface area contributed by atoms with Crippen LogP contribution in [0.25, 0.3) is 10.9 Å². The van der Waals surface area contributed by atoms with Crippen molar-refractivity contribution in [2.24, 2.45) is 0 Å². The second-order valence-corrected chi connectivity index (χ2v) is 6.14. The molecule has 1 N–H and O–H groups in total. The van der Waals surface area contributed by atoms with Crippen LogP contribution in [0.1, 0.15) is 20.7 Å². The van der Waals surface area contributed by atoms with Gasteiger partial charge in [0.05, 0.1) is 47.6 Å². The topological polar surface area (TPSA) is 92.5 Å². The second-order valence-electron chi connectivity index (χ2n) is 6.14. The molecule has 2 aromatic carbocycles. The molecule has 1 aromatic heterocycles. The number of hydrogen-bond acceptors (Lipinski definition) is 5. The van der Waals surface area contributed by atoms with Crippen molar-refractivity contribution in [3.63, 3.8) is 0 Å². The number of β-amino-alcohol motifs (C(OH)–C–C–N with tert-alkyl or cyclic N) is 1. The summed E-state index contributed by atoms with van der Waals surface area (Å²) in [5.74, 6) is -0.873. The summed E-state index contributed by atoms with van der Waals surface area (Å²) in [6, 6.07) is 13.5. The number of para-hydroxylation sites is 1. The van der Waals surface area contributed by atoms with Crippen molar-refractivity contribution in [1.29, 1.82) is 0 Å². The number of nitrogens with zero attached hydrogens (tertiary/aromatic N) is 3. The number of fused-ring (bicyclic) bond motifs is 2. The Morgan fingerprint density at radius 1 is 0.885 bits per heavy atom. The van der Waals surface area contributed by atoms with Crippen LogP contribution in [-0.2, 0) is 6.54 Å². The van der Waals surface area contributed by atoms with Crippen LogP contribution in [0.3, 0.4) is 0 Å². The third-order valence-electron chi connectivity index (χ3n) is 4.41. The largest absolute Gasteiger partial charge is 0.389 e. The number of aliphatic hydroxyl groups excluding tert-OH is 1. The van der Waals surface area contributed by atoms with Crippen LogP contribution in [0.4, 0.5) is 0 Å². The predicted molar refractivity (Wildman–Crippen MR) is 93.8 cm³/mol. The van der Waals surface area contributed by atoms with Crippen molar-refractivity contribution in [3.8, 4) is 0 Å². The molecule has 2 heterocycles. The molecule has 1 atom stereocenters. The van der Waals surface area contributed by atoms with E-state index in [1.807, 2.05) is 0 Å². The van der Waals surface area contributed by atoms with Crippen LogP contribution in [-0.4, -0.2) is 44.0 Å². The third-order valence-corrected chi connectivity index (χ3v) is 4.41. The van der Waals surface area contributed by atoms with Crippen molar-refractivity contribution in [2.75, 3.05) is 6.54 Å². The number of hydrogen-bond donors (Lipinski definition) is 1. The number of carbonyl (C=O) groups is 2. The van der Waals surface area contributed by atoms with Crippen molar-refractivity contribution in [3.05, 3.63) is 76.3 Å². The van der Waals surface area contributed by atoms with E-state index >= 15 is 0 Å². The van der Waals surface area contributed by atoms with Gasteiger partial charge in [0.15, 0.2) is 0 Å². The minimum Gasteiger partial charge on any atom is -0.389 e. The highest BCUT2D eigenvalue weighted by molar-refractivity contribution is 6.21. The molecule has 3 aromatic rings. The van der Waals surface area contributed by atoms with E-state index in [-0.39, 0.29) is 18.6 Å². The summed E-state index contributed by atoms with van der Waals surface area (Å²) >= 11 is 0. The summed E-state index contributed by atoms with van der Waals surface area (Å²) in [5, 5.41) is 10.8. The lowest BCUT2D eigenvalue weighted by Gasteiger charge is -2.19. The molecule has 130 valence electrons. The van der Waals surface area contributed by atoms with Crippen LogP contribution in [0.5, 0.6) is 0 Å². The van der Waals surface area contributed by atoms with Crippen LogP contribution < -0.4 is 5.56 Å². The monoisotopic (exact) mass is 349 g/mol. The van der Waals surface area contributed by atoms with Gasteiger partial charge in [0.1, 0.15) is 0 Å². The van der Waals surface area contributed by atoms with Gasteiger partial charge in [-0.05, 0) is 24.3 Å². The van der Waals surface area contributed by atoms with Crippen LogP contribution in [0.2, 0.25) is 0 Å². The quantitative estimate of drug-likeness (QED) is 0.711. The number of carbonyl (C=O) groups excluding carboxylic acids is 2. The number of amides is 2. The molecular formula is C19H15N3O4. The number of aromatic nitrogens is 2. The number of benzene rings is 2. The first-order valence-corrected chi connectivity index (χ1v) is 8.14. The highest BCUT2D eigenvalue weighted by Crippen LogP contribution is 2.22. The third kappa shape index (κ3) is 2.58. The SMILES string of the molecule is O=C1c2ccccc2C(=O)N1C[C@@H](O)Cn1cnc2ccccc2c1=O. The molecule has 0 radical (unpaired) electrons. The number of rotatable bonds is 4. The Hall–Kier alpha value is -3.32. The molecule has 0 saturated carbocycles. The van der Waals surface area contributed by atoms with Crippen LogP contribution in [0.15, 0.2) is 59.7 Å². The van der Waals surface area contributed by atoms with Crippen molar-refractivity contribution in [2.45, 2.75) is 12.6 Å². The first kappa shape index (κ1) is 16.2. The highest BCUT2D eigenvalue weighted by Gasteiger charge is 2.36. The van der Waals surface area contributed by atoms with Gasteiger partial charge in [-0.2, -0.15) is 0 Å². The fourth-order valence-corrected chi connectivity index (χ4v) is 3.14. The second kappa shape index (κ2) is 6.20. The maximum atomic E-state index is 12.5. The van der Waals surface area contributed by atoms with Crippen molar-refractivity contribution < 1.29 is 14.7 Å². The lowest BCUT2D eigenvalue weighted by Crippen LogP contribution is -2.40. The van der Waals surface area contributed by atoms with Gasteiger partial charge in [0.2, 0.25) is 0 Å². The Labute approximate surface area is 148 Å². The molecule has 0 aliphatic carbocycles.